The minimum Gasteiger partial charge on any atom is -0.0697 e. The summed E-state index contributed by atoms with van der Waals surface area (Å²) in [5, 5.41) is 0. The van der Waals surface area contributed by atoms with Crippen molar-refractivity contribution in [3.63, 3.8) is 0 Å². The molecule has 3 unspecified atom stereocenters. The quantitative estimate of drug-likeness (QED) is 0.463. The molecule has 27 heavy (non-hydrogen) atoms. The first-order chi connectivity index (χ1) is 12.8. The van der Waals surface area contributed by atoms with Gasteiger partial charge in [-0.15, -0.1) is 0 Å². The molecule has 3 aliphatic rings. The molecule has 156 valence electrons. The third kappa shape index (κ3) is 4.40. The topological polar surface area (TPSA) is 0 Å². The molecule has 0 nitrogen and oxygen atoms in total. The standard InChI is InChI=1S/C25H42.C2H6/c1-7-20(4)23-12-14-24(5)22(9-8-13-25(23,24)6)11-10-21-16-18(2)15-19(3)17-21;1-2/h10-11,18-20,23H,7-9,12-17H2,1-6H3;1-2H3/b21-10?,22-11+;/t18-,19?,20-,23?,24-,25?;/m0./s1. The van der Waals surface area contributed by atoms with Crippen molar-refractivity contribution in [3.8, 4) is 0 Å². The summed E-state index contributed by atoms with van der Waals surface area (Å²) in [4.78, 5) is 0. The van der Waals surface area contributed by atoms with Crippen LogP contribution in [0.1, 0.15) is 113 Å². The highest BCUT2D eigenvalue weighted by molar-refractivity contribution is 5.30. The van der Waals surface area contributed by atoms with Gasteiger partial charge in [0.25, 0.3) is 0 Å². The Bertz CT molecular complexity index is 526. The number of fused-ring (bicyclic) bond motifs is 1. The summed E-state index contributed by atoms with van der Waals surface area (Å²) in [6.45, 7) is 19.0. The molecule has 0 aromatic rings. The molecule has 0 saturated heterocycles. The second-order valence-electron chi connectivity index (χ2n) is 10.5. The maximum atomic E-state index is 2.64. The molecule has 0 heterocycles. The van der Waals surface area contributed by atoms with E-state index < -0.39 is 0 Å². The summed E-state index contributed by atoms with van der Waals surface area (Å²) in [5.41, 5.74) is 4.47. The van der Waals surface area contributed by atoms with E-state index in [0.717, 1.165) is 23.7 Å². The fraction of sp³-hybridized carbons (Fsp3) is 0.852. The van der Waals surface area contributed by atoms with Crippen molar-refractivity contribution in [2.75, 3.05) is 0 Å². The van der Waals surface area contributed by atoms with E-state index in [-0.39, 0.29) is 0 Å². The van der Waals surface area contributed by atoms with Crippen LogP contribution in [0.2, 0.25) is 0 Å². The zero-order valence-electron chi connectivity index (χ0n) is 19.8. The summed E-state index contributed by atoms with van der Waals surface area (Å²) in [6.07, 6.45) is 17.6. The zero-order chi connectivity index (χ0) is 20.2. The smallest absolute Gasteiger partial charge is 0.00567 e. The SMILES string of the molecule is CC.CC[C@H](C)C1CC[C@@]2(C)/C(=C/C=C3CC(C)C[C@H](C)C3)CCCC12C. The van der Waals surface area contributed by atoms with Crippen molar-refractivity contribution >= 4 is 0 Å². The van der Waals surface area contributed by atoms with Crippen LogP contribution < -0.4 is 0 Å². The van der Waals surface area contributed by atoms with E-state index in [1.165, 1.54) is 57.8 Å². The Kier molecular flexibility index (Phi) is 7.86. The Labute approximate surface area is 171 Å². The van der Waals surface area contributed by atoms with Crippen LogP contribution in [0.4, 0.5) is 0 Å². The molecule has 0 spiro atoms. The van der Waals surface area contributed by atoms with Gasteiger partial charge in [0.2, 0.25) is 0 Å². The molecule has 3 fully saturated rings. The summed E-state index contributed by atoms with van der Waals surface area (Å²) in [6, 6.07) is 0. The van der Waals surface area contributed by atoms with Gasteiger partial charge in [-0.3, -0.25) is 0 Å². The lowest BCUT2D eigenvalue weighted by molar-refractivity contribution is 0.0359. The first-order valence-corrected chi connectivity index (χ1v) is 12.2. The molecule has 0 radical (unpaired) electrons. The molecule has 0 amide bonds. The Hall–Kier alpha value is -0.520. The van der Waals surface area contributed by atoms with E-state index in [2.05, 4.69) is 53.7 Å². The minimum atomic E-state index is 0.447. The molecule has 0 bridgehead atoms. The highest BCUT2D eigenvalue weighted by atomic mass is 14.6. The van der Waals surface area contributed by atoms with Crippen molar-refractivity contribution in [1.82, 2.24) is 0 Å². The van der Waals surface area contributed by atoms with Gasteiger partial charge in [-0.25, -0.2) is 0 Å². The fourth-order valence-electron chi connectivity index (χ4n) is 7.02. The second-order valence-corrected chi connectivity index (χ2v) is 10.5. The number of hydrogen-bond donors (Lipinski definition) is 0. The van der Waals surface area contributed by atoms with E-state index in [0.29, 0.717) is 10.8 Å². The van der Waals surface area contributed by atoms with Gasteiger partial charge >= 0.3 is 0 Å². The number of hydrogen-bond acceptors (Lipinski definition) is 0. The maximum absolute atomic E-state index is 2.64. The van der Waals surface area contributed by atoms with Crippen LogP contribution in [0, 0.1) is 34.5 Å². The second kappa shape index (κ2) is 9.32. The van der Waals surface area contributed by atoms with Crippen LogP contribution in [0.5, 0.6) is 0 Å². The van der Waals surface area contributed by atoms with Gasteiger partial charge in [-0.05, 0) is 85.9 Å². The van der Waals surface area contributed by atoms with Crippen LogP contribution in [-0.4, -0.2) is 0 Å². The third-order valence-electron chi connectivity index (χ3n) is 8.76. The van der Waals surface area contributed by atoms with Crippen LogP contribution in [0.3, 0.4) is 0 Å². The van der Waals surface area contributed by atoms with Gasteiger partial charge in [-0.1, -0.05) is 85.1 Å². The van der Waals surface area contributed by atoms with Crippen molar-refractivity contribution < 1.29 is 0 Å². The van der Waals surface area contributed by atoms with Gasteiger partial charge in [0.05, 0.1) is 0 Å². The summed E-state index contributed by atoms with van der Waals surface area (Å²) < 4.78 is 0. The molecule has 0 N–H and O–H groups in total. The zero-order valence-corrected chi connectivity index (χ0v) is 19.8. The molecule has 0 heteroatoms. The molecule has 6 atom stereocenters. The molecule has 0 aromatic carbocycles. The van der Waals surface area contributed by atoms with Crippen LogP contribution in [0.15, 0.2) is 23.3 Å². The van der Waals surface area contributed by atoms with E-state index in [1.807, 2.05) is 13.8 Å². The number of allylic oxidation sites excluding steroid dienone is 4. The molecule has 0 aliphatic heterocycles. The van der Waals surface area contributed by atoms with Gasteiger partial charge in [0, 0.05) is 0 Å². The molecule has 0 aromatic heterocycles. The maximum Gasteiger partial charge on any atom is -0.00567 e. The van der Waals surface area contributed by atoms with Gasteiger partial charge < -0.3 is 0 Å². The Balaban J connectivity index is 0.00000126. The first-order valence-electron chi connectivity index (χ1n) is 12.2. The number of rotatable bonds is 3. The Morgan fingerprint density at radius 1 is 1.04 bits per heavy atom. The molecule has 3 aliphatic carbocycles. The summed E-state index contributed by atoms with van der Waals surface area (Å²) in [5.74, 6) is 3.56. The Morgan fingerprint density at radius 2 is 1.67 bits per heavy atom. The highest BCUT2D eigenvalue weighted by Crippen LogP contribution is 2.66. The van der Waals surface area contributed by atoms with Crippen LogP contribution in [-0.2, 0) is 0 Å². The lowest BCUT2D eigenvalue weighted by Crippen LogP contribution is -2.43. The highest BCUT2D eigenvalue weighted by Gasteiger charge is 2.57. The van der Waals surface area contributed by atoms with Crippen molar-refractivity contribution in [3.05, 3.63) is 23.3 Å². The van der Waals surface area contributed by atoms with Gasteiger partial charge in [0.1, 0.15) is 0 Å². The summed E-state index contributed by atoms with van der Waals surface area (Å²) >= 11 is 0. The van der Waals surface area contributed by atoms with E-state index in [9.17, 15) is 0 Å². The van der Waals surface area contributed by atoms with E-state index >= 15 is 0 Å². The van der Waals surface area contributed by atoms with E-state index in [4.69, 9.17) is 0 Å². The van der Waals surface area contributed by atoms with E-state index in [1.54, 1.807) is 11.1 Å². The van der Waals surface area contributed by atoms with Crippen LogP contribution >= 0.6 is 0 Å². The fourth-order valence-corrected chi connectivity index (χ4v) is 7.02. The minimum absolute atomic E-state index is 0.447. The Morgan fingerprint density at radius 3 is 2.26 bits per heavy atom. The lowest BCUT2D eigenvalue weighted by Gasteiger charge is -2.51. The van der Waals surface area contributed by atoms with Crippen molar-refractivity contribution in [1.29, 1.82) is 0 Å². The summed E-state index contributed by atoms with van der Waals surface area (Å²) in [7, 11) is 0. The molecular formula is C27H48. The monoisotopic (exact) mass is 372 g/mol. The normalized spacial score (nSPS) is 43.2. The predicted molar refractivity (Wildman–Crippen MR) is 122 cm³/mol. The third-order valence-corrected chi connectivity index (χ3v) is 8.76. The van der Waals surface area contributed by atoms with Gasteiger partial charge in [0.15, 0.2) is 0 Å². The average molecular weight is 373 g/mol. The molecule has 3 saturated carbocycles. The lowest BCUT2D eigenvalue weighted by atomic mass is 9.53. The first kappa shape index (κ1) is 22.8. The van der Waals surface area contributed by atoms with Crippen LogP contribution in [0.25, 0.3) is 0 Å². The molecule has 3 rings (SSSR count). The molecular weight excluding hydrogens is 324 g/mol. The van der Waals surface area contributed by atoms with Gasteiger partial charge in [-0.2, -0.15) is 0 Å². The van der Waals surface area contributed by atoms with Crippen molar-refractivity contribution in [2.45, 2.75) is 113 Å². The van der Waals surface area contributed by atoms with Crippen molar-refractivity contribution in [2.24, 2.45) is 34.5 Å². The average Bonchev–Trinajstić information content (AvgIpc) is 2.92. The largest absolute Gasteiger partial charge is 0.0697 e. The predicted octanol–water partition coefficient (Wildman–Crippen LogP) is 8.97.